The lowest BCUT2D eigenvalue weighted by atomic mass is 9.69. The third kappa shape index (κ3) is 3.58. The summed E-state index contributed by atoms with van der Waals surface area (Å²) < 4.78 is 6.75. The van der Waals surface area contributed by atoms with Gasteiger partial charge in [-0.15, -0.1) is 0 Å². The molecule has 2 aliphatic carbocycles. The van der Waals surface area contributed by atoms with Gasteiger partial charge in [0.1, 0.15) is 11.2 Å². The highest BCUT2D eigenvalue weighted by atomic mass is 16.3. The van der Waals surface area contributed by atoms with Crippen LogP contribution in [-0.4, -0.2) is 9.97 Å². The molecule has 3 nitrogen and oxygen atoms in total. The van der Waals surface area contributed by atoms with E-state index in [-0.39, 0.29) is 0 Å². The Balaban J connectivity index is 1.27. The maximum atomic E-state index is 6.75. The number of aromatic nitrogens is 2. The SMILES string of the molecule is c1ccc(-c2cc(-c3cccc4c3C3(c5ccccc5-4)c4ccccc4-c4c3ccc3c4oc4ccccc43)nc(-c3ccccc3)n2)cc1. The summed E-state index contributed by atoms with van der Waals surface area (Å²) in [5.41, 5.74) is 16.1. The summed E-state index contributed by atoms with van der Waals surface area (Å²) in [6, 6.07) is 60.4. The Morgan fingerprint density at radius 3 is 1.86 bits per heavy atom. The first-order valence-electron chi connectivity index (χ1n) is 17.1. The van der Waals surface area contributed by atoms with E-state index in [1.54, 1.807) is 0 Å². The second-order valence-corrected chi connectivity index (χ2v) is 13.2. The minimum Gasteiger partial charge on any atom is -0.455 e. The van der Waals surface area contributed by atoms with Gasteiger partial charge >= 0.3 is 0 Å². The summed E-state index contributed by atoms with van der Waals surface area (Å²) in [7, 11) is 0. The number of hydrogen-bond acceptors (Lipinski definition) is 3. The molecule has 7 aromatic carbocycles. The van der Waals surface area contributed by atoms with Crippen LogP contribution in [0.2, 0.25) is 0 Å². The Morgan fingerprint density at radius 1 is 0.420 bits per heavy atom. The van der Waals surface area contributed by atoms with Gasteiger partial charge in [-0.2, -0.15) is 0 Å². The second kappa shape index (κ2) is 10.2. The van der Waals surface area contributed by atoms with Crippen LogP contribution >= 0.6 is 0 Å². The first kappa shape index (κ1) is 27.4. The van der Waals surface area contributed by atoms with E-state index in [1.165, 1.54) is 44.5 Å². The highest BCUT2D eigenvalue weighted by Gasteiger charge is 2.53. The Bertz CT molecular complexity index is 2760. The van der Waals surface area contributed by atoms with Gasteiger partial charge in [0, 0.05) is 33.0 Å². The molecule has 0 amide bonds. The van der Waals surface area contributed by atoms with E-state index in [9.17, 15) is 0 Å². The molecule has 0 N–H and O–H groups in total. The van der Waals surface area contributed by atoms with E-state index < -0.39 is 5.41 Å². The standard InChI is InChI=1S/C47H28N2O/c1-3-14-29(15-4-1)40-28-41(49-46(48-40)30-16-5-2-6-17-30)36-22-13-21-33-31-18-7-10-23-37(31)47(44(33)36)38-24-11-8-20-35(38)43-39(47)27-26-34-32-19-9-12-25-42(32)50-45(34)43/h1-28H. The number of fused-ring (bicyclic) bond motifs is 14. The summed E-state index contributed by atoms with van der Waals surface area (Å²) >= 11 is 0. The van der Waals surface area contributed by atoms with Gasteiger partial charge in [0.25, 0.3) is 0 Å². The molecule has 0 saturated heterocycles. The Kier molecular flexibility index (Phi) is 5.59. The molecule has 0 fully saturated rings. The zero-order valence-corrected chi connectivity index (χ0v) is 27.0. The molecule has 11 rings (SSSR count). The summed E-state index contributed by atoms with van der Waals surface area (Å²) in [6.07, 6.45) is 0. The average Bonchev–Trinajstić information content (AvgIpc) is 3.82. The fourth-order valence-electron chi connectivity index (χ4n) is 8.73. The molecule has 1 spiro atoms. The average molecular weight is 637 g/mol. The van der Waals surface area contributed by atoms with Crippen molar-refractivity contribution in [3.63, 3.8) is 0 Å². The molecule has 3 heteroatoms. The van der Waals surface area contributed by atoms with E-state index in [2.05, 4.69) is 140 Å². The van der Waals surface area contributed by atoms with Gasteiger partial charge in [-0.05, 0) is 51.1 Å². The van der Waals surface area contributed by atoms with Crippen molar-refractivity contribution in [2.75, 3.05) is 0 Å². The van der Waals surface area contributed by atoms with Crippen molar-refractivity contribution in [3.05, 3.63) is 192 Å². The lowest BCUT2D eigenvalue weighted by Crippen LogP contribution is -2.26. The molecule has 0 aliphatic heterocycles. The fourth-order valence-corrected chi connectivity index (χ4v) is 8.73. The predicted molar refractivity (Wildman–Crippen MR) is 202 cm³/mol. The molecule has 1 unspecified atom stereocenters. The third-order valence-corrected chi connectivity index (χ3v) is 10.7. The molecule has 2 aliphatic rings. The molecule has 1 atom stereocenters. The first-order valence-corrected chi connectivity index (χ1v) is 17.1. The molecule has 0 radical (unpaired) electrons. The van der Waals surface area contributed by atoms with Gasteiger partial charge in [0.05, 0.1) is 16.8 Å². The smallest absolute Gasteiger partial charge is 0.160 e. The van der Waals surface area contributed by atoms with Crippen molar-refractivity contribution in [1.29, 1.82) is 0 Å². The summed E-state index contributed by atoms with van der Waals surface area (Å²) in [4.78, 5) is 10.5. The van der Waals surface area contributed by atoms with Crippen molar-refractivity contribution in [2.45, 2.75) is 5.41 Å². The lowest BCUT2D eigenvalue weighted by molar-refractivity contribution is 0.669. The quantitative estimate of drug-likeness (QED) is 0.194. The van der Waals surface area contributed by atoms with Crippen LogP contribution in [0.3, 0.4) is 0 Å². The van der Waals surface area contributed by atoms with Crippen LogP contribution in [0.4, 0.5) is 0 Å². The molecule has 232 valence electrons. The van der Waals surface area contributed by atoms with E-state index >= 15 is 0 Å². The first-order chi connectivity index (χ1) is 24.8. The number of nitrogens with zero attached hydrogens (tertiary/aromatic N) is 2. The van der Waals surface area contributed by atoms with Crippen LogP contribution in [0.25, 0.3) is 78.1 Å². The number of hydrogen-bond donors (Lipinski definition) is 0. The Hall–Kier alpha value is -6.58. The lowest BCUT2D eigenvalue weighted by Gasteiger charge is -2.32. The van der Waals surface area contributed by atoms with Crippen molar-refractivity contribution in [1.82, 2.24) is 9.97 Å². The highest BCUT2D eigenvalue weighted by Crippen LogP contribution is 2.65. The van der Waals surface area contributed by atoms with Crippen molar-refractivity contribution in [3.8, 4) is 56.2 Å². The predicted octanol–water partition coefficient (Wildman–Crippen LogP) is 11.7. The largest absolute Gasteiger partial charge is 0.455 e. The van der Waals surface area contributed by atoms with Crippen molar-refractivity contribution < 1.29 is 4.42 Å². The fraction of sp³-hybridized carbons (Fsp3) is 0.0213. The van der Waals surface area contributed by atoms with E-state index in [0.29, 0.717) is 5.82 Å². The summed E-state index contributed by atoms with van der Waals surface area (Å²) in [6.45, 7) is 0. The molecular formula is C47H28N2O. The van der Waals surface area contributed by atoms with Crippen molar-refractivity contribution >= 4 is 21.9 Å². The van der Waals surface area contributed by atoms with Crippen LogP contribution in [0.15, 0.2) is 174 Å². The van der Waals surface area contributed by atoms with Crippen LogP contribution < -0.4 is 0 Å². The molecule has 2 aromatic heterocycles. The normalized spacial score (nSPS) is 15.3. The van der Waals surface area contributed by atoms with Gasteiger partial charge in [0.15, 0.2) is 5.82 Å². The Morgan fingerprint density at radius 2 is 1.04 bits per heavy atom. The molecule has 9 aromatic rings. The van der Waals surface area contributed by atoms with Crippen LogP contribution in [0, 0.1) is 0 Å². The van der Waals surface area contributed by atoms with Gasteiger partial charge in [0.2, 0.25) is 0 Å². The van der Waals surface area contributed by atoms with Gasteiger partial charge in [-0.3, -0.25) is 0 Å². The summed E-state index contributed by atoms with van der Waals surface area (Å²) in [5, 5.41) is 2.28. The van der Waals surface area contributed by atoms with Crippen molar-refractivity contribution in [2.24, 2.45) is 0 Å². The molecule has 0 saturated carbocycles. The molecule has 2 heterocycles. The zero-order valence-electron chi connectivity index (χ0n) is 27.0. The topological polar surface area (TPSA) is 38.9 Å². The van der Waals surface area contributed by atoms with E-state index in [1.807, 2.05) is 30.3 Å². The molecular weight excluding hydrogens is 609 g/mol. The monoisotopic (exact) mass is 636 g/mol. The van der Waals surface area contributed by atoms with Crippen LogP contribution in [0.5, 0.6) is 0 Å². The third-order valence-electron chi connectivity index (χ3n) is 10.7. The van der Waals surface area contributed by atoms with Crippen LogP contribution in [-0.2, 0) is 5.41 Å². The number of furan rings is 1. The molecule has 0 bridgehead atoms. The second-order valence-electron chi connectivity index (χ2n) is 13.2. The van der Waals surface area contributed by atoms with Gasteiger partial charge in [-0.25, -0.2) is 9.97 Å². The number of rotatable bonds is 3. The van der Waals surface area contributed by atoms with E-state index in [0.717, 1.165) is 50.0 Å². The number of para-hydroxylation sites is 1. The highest BCUT2D eigenvalue weighted by molar-refractivity contribution is 6.13. The van der Waals surface area contributed by atoms with E-state index in [4.69, 9.17) is 14.4 Å². The minimum atomic E-state index is -0.577. The zero-order chi connectivity index (χ0) is 32.8. The minimum absolute atomic E-state index is 0.577. The molecule has 50 heavy (non-hydrogen) atoms. The maximum Gasteiger partial charge on any atom is 0.160 e. The van der Waals surface area contributed by atoms with Gasteiger partial charge < -0.3 is 4.42 Å². The maximum absolute atomic E-state index is 6.75. The Labute approximate surface area is 289 Å². The summed E-state index contributed by atoms with van der Waals surface area (Å²) in [5.74, 6) is 0.709. The van der Waals surface area contributed by atoms with Gasteiger partial charge in [-0.1, -0.05) is 158 Å². The number of benzene rings is 7. The van der Waals surface area contributed by atoms with Crippen LogP contribution in [0.1, 0.15) is 22.3 Å².